The molecule has 12 nitrogen and oxygen atoms in total. The lowest BCUT2D eigenvalue weighted by Gasteiger charge is -2.10. The Morgan fingerprint density at radius 2 is 1.86 bits per heavy atom. The third kappa shape index (κ3) is 6.20. The number of benzene rings is 2. The van der Waals surface area contributed by atoms with E-state index < -0.39 is 15.9 Å². The Kier molecular flexibility index (Phi) is 7.23. The third-order valence-corrected chi connectivity index (χ3v) is 7.32. The lowest BCUT2D eigenvalue weighted by Crippen LogP contribution is -2.31. The summed E-state index contributed by atoms with van der Waals surface area (Å²) in [5.74, 6) is 0.676. The highest BCUT2D eigenvalue weighted by molar-refractivity contribution is 7.90. The Balaban J connectivity index is 1.19. The van der Waals surface area contributed by atoms with Gasteiger partial charge in [-0.15, -0.1) is 0 Å². The maximum atomic E-state index is 12.0. The number of carbonyl (C=O) groups is 1. The van der Waals surface area contributed by atoms with Gasteiger partial charge in [0.15, 0.2) is 5.76 Å². The zero-order valence-electron chi connectivity index (χ0n) is 22.4. The lowest BCUT2D eigenvalue weighted by molar-refractivity contribution is 0.188. The molecule has 0 aliphatic rings. The SMILES string of the molecule is CS(=O)(=O)CCNC(=O)Oc1ccc(-c2cc3c(Nc4ccc5c(cnn5Cc5ccccc5)c4)ncnc3cn2)o1. The average Bonchev–Trinajstić information content (AvgIpc) is 3.60. The van der Waals surface area contributed by atoms with Gasteiger partial charge in [-0.05, 0) is 35.9 Å². The summed E-state index contributed by atoms with van der Waals surface area (Å²) in [6, 6.07) is 21.0. The number of aromatic nitrogens is 5. The molecule has 0 unspecified atom stereocenters. The average molecular weight is 584 g/mol. The molecular formula is C29H25N7O5S. The van der Waals surface area contributed by atoms with E-state index in [9.17, 15) is 13.2 Å². The van der Waals surface area contributed by atoms with Crippen molar-refractivity contribution in [3.05, 3.63) is 91.0 Å². The number of nitrogens with one attached hydrogen (secondary N) is 2. The van der Waals surface area contributed by atoms with Crippen LogP contribution < -0.4 is 15.4 Å². The molecule has 4 heterocycles. The molecule has 0 saturated heterocycles. The second-order valence-electron chi connectivity index (χ2n) is 9.56. The molecule has 4 aromatic heterocycles. The van der Waals surface area contributed by atoms with Crippen LogP contribution in [-0.2, 0) is 16.4 Å². The molecule has 0 atom stereocenters. The molecule has 0 aliphatic heterocycles. The van der Waals surface area contributed by atoms with Crippen molar-refractivity contribution in [2.45, 2.75) is 6.54 Å². The van der Waals surface area contributed by atoms with Gasteiger partial charge in [0.1, 0.15) is 27.7 Å². The molecule has 1 amide bonds. The van der Waals surface area contributed by atoms with Crippen LogP contribution in [0, 0.1) is 0 Å². The van der Waals surface area contributed by atoms with Crippen LogP contribution in [-0.4, -0.2) is 57.8 Å². The van der Waals surface area contributed by atoms with E-state index in [4.69, 9.17) is 9.15 Å². The molecule has 6 rings (SSSR count). The number of hydrogen-bond donors (Lipinski definition) is 2. The number of hydrogen-bond acceptors (Lipinski definition) is 10. The summed E-state index contributed by atoms with van der Waals surface area (Å²) < 4.78 is 35.2. The minimum absolute atomic E-state index is 0.0625. The molecule has 0 bridgehead atoms. The molecule has 0 fully saturated rings. The first kappa shape index (κ1) is 26.9. The van der Waals surface area contributed by atoms with Gasteiger partial charge in [-0.3, -0.25) is 9.67 Å². The Morgan fingerprint density at radius 3 is 2.69 bits per heavy atom. The fraction of sp³-hybridized carbons (Fsp3) is 0.138. The Morgan fingerprint density at radius 1 is 1.00 bits per heavy atom. The van der Waals surface area contributed by atoms with Crippen LogP contribution in [0.2, 0.25) is 0 Å². The molecule has 2 aromatic carbocycles. The van der Waals surface area contributed by atoms with Crippen LogP contribution in [0.3, 0.4) is 0 Å². The summed E-state index contributed by atoms with van der Waals surface area (Å²) >= 11 is 0. The predicted octanol–water partition coefficient (Wildman–Crippen LogP) is 4.56. The summed E-state index contributed by atoms with van der Waals surface area (Å²) in [5, 5.41) is 12.0. The number of sulfone groups is 1. The van der Waals surface area contributed by atoms with Crippen LogP contribution in [0.4, 0.5) is 16.3 Å². The number of anilines is 2. The van der Waals surface area contributed by atoms with Crippen molar-refractivity contribution in [3.63, 3.8) is 0 Å². The summed E-state index contributed by atoms with van der Waals surface area (Å²) in [4.78, 5) is 25.2. The summed E-state index contributed by atoms with van der Waals surface area (Å²) in [6.07, 6.45) is 5.17. The molecule has 0 aliphatic carbocycles. The van der Waals surface area contributed by atoms with Crippen molar-refractivity contribution in [1.29, 1.82) is 0 Å². The first-order valence-corrected chi connectivity index (χ1v) is 15.0. The van der Waals surface area contributed by atoms with Crippen molar-refractivity contribution in [2.75, 3.05) is 23.9 Å². The number of nitrogens with zero attached hydrogens (tertiary/aromatic N) is 5. The molecular weight excluding hydrogens is 558 g/mol. The van der Waals surface area contributed by atoms with E-state index in [1.165, 1.54) is 18.0 Å². The smallest absolute Gasteiger partial charge is 0.415 e. The third-order valence-electron chi connectivity index (χ3n) is 6.37. The molecule has 0 saturated carbocycles. The van der Waals surface area contributed by atoms with Crippen molar-refractivity contribution < 1.29 is 22.4 Å². The van der Waals surface area contributed by atoms with Crippen molar-refractivity contribution >= 4 is 49.2 Å². The van der Waals surface area contributed by atoms with Crippen molar-refractivity contribution in [3.8, 4) is 17.4 Å². The summed E-state index contributed by atoms with van der Waals surface area (Å²) in [5.41, 5.74) is 4.12. The van der Waals surface area contributed by atoms with E-state index in [1.807, 2.05) is 47.3 Å². The molecule has 13 heteroatoms. The maximum absolute atomic E-state index is 12.0. The number of ether oxygens (including phenoxy) is 1. The van der Waals surface area contributed by atoms with Gasteiger partial charge in [0.2, 0.25) is 0 Å². The minimum Gasteiger partial charge on any atom is -0.424 e. The first-order valence-electron chi connectivity index (χ1n) is 12.9. The fourth-order valence-corrected chi connectivity index (χ4v) is 4.83. The van der Waals surface area contributed by atoms with Gasteiger partial charge >= 0.3 is 6.09 Å². The molecule has 212 valence electrons. The van der Waals surface area contributed by atoms with Crippen LogP contribution >= 0.6 is 0 Å². The summed E-state index contributed by atoms with van der Waals surface area (Å²) in [7, 11) is -3.21. The van der Waals surface area contributed by atoms with E-state index in [2.05, 4.69) is 42.8 Å². The molecule has 0 spiro atoms. The van der Waals surface area contributed by atoms with Gasteiger partial charge in [-0.1, -0.05) is 30.3 Å². The quantitative estimate of drug-likeness (QED) is 0.248. The lowest BCUT2D eigenvalue weighted by atomic mass is 10.2. The second kappa shape index (κ2) is 11.3. The van der Waals surface area contributed by atoms with Gasteiger partial charge in [0, 0.05) is 35.3 Å². The first-order chi connectivity index (χ1) is 20.3. The highest BCUT2D eigenvalue weighted by Gasteiger charge is 2.14. The number of fused-ring (bicyclic) bond motifs is 2. The standard InChI is InChI=1S/C29H25N7O5S/c1-42(38,39)12-11-30-29(37)41-27-10-9-26(40-27)23-14-22-24(16-31-23)32-18-33-28(22)35-21-7-8-25-20(13-21)15-34-36(25)17-19-5-3-2-4-6-19/h2-10,13-16,18H,11-12,17H2,1H3,(H,30,37)(H,32,33,35). The van der Waals surface area contributed by atoms with Crippen LogP contribution in [0.25, 0.3) is 33.3 Å². The minimum atomic E-state index is -3.21. The highest BCUT2D eigenvalue weighted by Crippen LogP contribution is 2.30. The fourth-order valence-electron chi connectivity index (χ4n) is 4.36. The number of rotatable bonds is 9. The Bertz CT molecular complexity index is 2010. The maximum Gasteiger partial charge on any atom is 0.415 e. The molecule has 0 radical (unpaired) electrons. The predicted molar refractivity (Wildman–Crippen MR) is 157 cm³/mol. The Labute approximate surface area is 240 Å². The number of carbonyl (C=O) groups excluding carboxylic acids is 1. The monoisotopic (exact) mass is 583 g/mol. The van der Waals surface area contributed by atoms with Crippen molar-refractivity contribution in [2.24, 2.45) is 0 Å². The topological polar surface area (TPSA) is 154 Å². The van der Waals surface area contributed by atoms with E-state index >= 15 is 0 Å². The molecule has 6 aromatic rings. The van der Waals surface area contributed by atoms with Gasteiger partial charge < -0.3 is 19.8 Å². The van der Waals surface area contributed by atoms with E-state index in [-0.39, 0.29) is 18.2 Å². The van der Waals surface area contributed by atoms with Crippen LogP contribution in [0.1, 0.15) is 5.56 Å². The second-order valence-corrected chi connectivity index (χ2v) is 11.8. The number of furan rings is 1. The van der Waals surface area contributed by atoms with E-state index in [1.54, 1.807) is 18.3 Å². The highest BCUT2D eigenvalue weighted by atomic mass is 32.2. The van der Waals surface area contributed by atoms with Crippen molar-refractivity contribution in [1.82, 2.24) is 30.0 Å². The zero-order chi connectivity index (χ0) is 29.1. The van der Waals surface area contributed by atoms with Crippen LogP contribution in [0.5, 0.6) is 5.95 Å². The normalized spacial score (nSPS) is 11.5. The van der Waals surface area contributed by atoms with Gasteiger partial charge in [0.25, 0.3) is 5.95 Å². The van der Waals surface area contributed by atoms with E-state index in [0.717, 1.165) is 22.8 Å². The zero-order valence-corrected chi connectivity index (χ0v) is 23.2. The van der Waals surface area contributed by atoms with Gasteiger partial charge in [-0.25, -0.2) is 23.2 Å². The van der Waals surface area contributed by atoms with Gasteiger partial charge in [0.05, 0.1) is 35.7 Å². The molecule has 2 N–H and O–H groups in total. The number of amides is 1. The van der Waals surface area contributed by atoms with Gasteiger partial charge in [-0.2, -0.15) is 5.10 Å². The van der Waals surface area contributed by atoms with E-state index in [0.29, 0.717) is 34.7 Å². The largest absolute Gasteiger partial charge is 0.424 e. The van der Waals surface area contributed by atoms with Crippen LogP contribution in [0.15, 0.2) is 89.9 Å². The Hall–Kier alpha value is -5.30. The number of pyridine rings is 1. The molecule has 42 heavy (non-hydrogen) atoms. The summed E-state index contributed by atoms with van der Waals surface area (Å²) in [6.45, 7) is 0.604.